The maximum atomic E-state index is 12.3. The average molecular weight is 526 g/mol. The highest BCUT2D eigenvalue weighted by atomic mass is 16.2. The third-order valence-corrected chi connectivity index (χ3v) is 6.52. The summed E-state index contributed by atoms with van der Waals surface area (Å²) in [4.78, 5) is 36.4. The lowest BCUT2D eigenvalue weighted by atomic mass is 10.1. The first-order valence-electron chi connectivity index (χ1n) is 14.5. The molecule has 6 heteroatoms. The van der Waals surface area contributed by atoms with Crippen molar-refractivity contribution >= 4 is 29.0 Å². The van der Waals surface area contributed by atoms with Gasteiger partial charge in [0.05, 0.1) is 0 Å². The molecule has 38 heavy (non-hydrogen) atoms. The fourth-order valence-corrected chi connectivity index (χ4v) is 4.41. The van der Waals surface area contributed by atoms with Crippen molar-refractivity contribution < 1.29 is 14.4 Å². The van der Waals surface area contributed by atoms with Gasteiger partial charge in [0.25, 0.3) is 0 Å². The molecule has 1 saturated heterocycles. The second kappa shape index (κ2) is 19.2. The number of rotatable bonds is 12. The number of carbonyl (C=O) groups is 3. The van der Waals surface area contributed by atoms with E-state index in [4.69, 9.17) is 0 Å². The Bertz CT molecular complexity index is 926. The number of nitrogens with one attached hydrogen (secondary N) is 2. The van der Waals surface area contributed by atoms with E-state index < -0.39 is 0 Å². The predicted octanol–water partition coefficient (Wildman–Crippen LogP) is 6.12. The van der Waals surface area contributed by atoms with Crippen molar-refractivity contribution in [1.29, 1.82) is 0 Å². The molecule has 0 spiro atoms. The van der Waals surface area contributed by atoms with Gasteiger partial charge in [-0.15, -0.1) is 0 Å². The molecule has 1 atom stereocenters. The van der Waals surface area contributed by atoms with E-state index in [9.17, 15) is 14.4 Å². The Labute approximate surface area is 230 Å². The molecule has 2 aromatic carbocycles. The van der Waals surface area contributed by atoms with Crippen molar-refractivity contribution in [2.24, 2.45) is 11.8 Å². The summed E-state index contributed by atoms with van der Waals surface area (Å²) in [6.45, 7) is 14.8. The second-order valence-corrected chi connectivity index (χ2v) is 10.5. The van der Waals surface area contributed by atoms with E-state index in [0.29, 0.717) is 31.3 Å². The van der Waals surface area contributed by atoms with E-state index in [0.717, 1.165) is 51.5 Å². The minimum atomic E-state index is -0.233. The van der Waals surface area contributed by atoms with E-state index in [2.05, 4.69) is 68.7 Å². The summed E-state index contributed by atoms with van der Waals surface area (Å²) in [7, 11) is 0. The summed E-state index contributed by atoms with van der Waals surface area (Å²) >= 11 is 0. The van der Waals surface area contributed by atoms with E-state index >= 15 is 0 Å². The van der Waals surface area contributed by atoms with Crippen LogP contribution in [-0.2, 0) is 20.8 Å². The van der Waals surface area contributed by atoms with E-state index in [1.165, 1.54) is 16.3 Å². The zero-order valence-corrected chi connectivity index (χ0v) is 24.6. The number of fused-ring (bicyclic) bond motifs is 1. The summed E-state index contributed by atoms with van der Waals surface area (Å²) in [6.07, 6.45) is 6.93. The van der Waals surface area contributed by atoms with Crippen molar-refractivity contribution in [2.75, 3.05) is 19.6 Å². The molecular formula is C32H51N3O3. The SMILES string of the molecule is CC.CC(C)CCCC(=O)N1CCCC1C(=O)NCCC(C)C.O=CNCCc1ccc2ccccc2c1. The Kier molecular flexibility index (Phi) is 16.8. The van der Waals surface area contributed by atoms with E-state index in [-0.39, 0.29) is 17.9 Å². The maximum Gasteiger partial charge on any atom is 0.242 e. The van der Waals surface area contributed by atoms with Crippen LogP contribution in [-0.4, -0.2) is 48.8 Å². The van der Waals surface area contributed by atoms with Crippen molar-refractivity contribution in [3.05, 3.63) is 48.0 Å². The summed E-state index contributed by atoms with van der Waals surface area (Å²) < 4.78 is 0. The summed E-state index contributed by atoms with van der Waals surface area (Å²) in [6, 6.07) is 14.4. The quantitative estimate of drug-likeness (QED) is 0.259. The molecular weight excluding hydrogens is 474 g/mol. The minimum absolute atomic E-state index is 0.0327. The summed E-state index contributed by atoms with van der Waals surface area (Å²) in [5, 5.41) is 8.15. The molecule has 212 valence electrons. The first kappa shape index (κ1) is 33.1. The molecule has 2 N–H and O–H groups in total. The molecule has 1 unspecified atom stereocenters. The standard InChI is InChI=1S/C17H32N2O2.C13H13NO.C2H6/c1-13(2)7-5-9-16(20)19-12-6-8-15(19)17(21)18-11-10-14(3)4;15-10-14-8-7-11-5-6-12-3-1-2-4-13(12)9-11;1-2/h13-15H,5-12H2,1-4H3,(H,18,21);1-6,9-10H,7-8H2,(H,14,15);1-2H3. The van der Waals surface area contributed by atoms with Crippen LogP contribution in [0, 0.1) is 11.8 Å². The lowest BCUT2D eigenvalue weighted by molar-refractivity contribution is -0.138. The van der Waals surface area contributed by atoms with Gasteiger partial charge in [-0.05, 0) is 60.3 Å². The molecule has 1 heterocycles. The average Bonchev–Trinajstić information content (AvgIpc) is 3.40. The molecule has 0 bridgehead atoms. The molecule has 0 radical (unpaired) electrons. The molecule has 0 aliphatic carbocycles. The Hall–Kier alpha value is -2.89. The van der Waals surface area contributed by atoms with Gasteiger partial charge in [0, 0.05) is 26.1 Å². The van der Waals surface area contributed by atoms with Crippen LogP contribution in [0.25, 0.3) is 10.8 Å². The van der Waals surface area contributed by atoms with Crippen molar-refractivity contribution in [1.82, 2.24) is 15.5 Å². The largest absolute Gasteiger partial charge is 0.358 e. The van der Waals surface area contributed by atoms with Crippen LogP contribution >= 0.6 is 0 Å². The topological polar surface area (TPSA) is 78.5 Å². The number of hydrogen-bond acceptors (Lipinski definition) is 3. The molecule has 6 nitrogen and oxygen atoms in total. The monoisotopic (exact) mass is 525 g/mol. The third kappa shape index (κ3) is 12.6. The lowest BCUT2D eigenvalue weighted by Gasteiger charge is -2.24. The van der Waals surface area contributed by atoms with Gasteiger partial charge in [0.2, 0.25) is 18.2 Å². The lowest BCUT2D eigenvalue weighted by Crippen LogP contribution is -2.46. The first-order valence-corrected chi connectivity index (χ1v) is 14.5. The normalized spacial score (nSPS) is 14.4. The molecule has 2 aromatic rings. The minimum Gasteiger partial charge on any atom is -0.358 e. The van der Waals surface area contributed by atoms with Crippen LogP contribution in [0.2, 0.25) is 0 Å². The van der Waals surface area contributed by atoms with Crippen LogP contribution in [0.3, 0.4) is 0 Å². The summed E-state index contributed by atoms with van der Waals surface area (Å²) in [5.41, 5.74) is 1.25. The molecule has 0 aromatic heterocycles. The van der Waals surface area contributed by atoms with Crippen LogP contribution in [0.4, 0.5) is 0 Å². The van der Waals surface area contributed by atoms with E-state index in [1.807, 2.05) is 26.0 Å². The van der Waals surface area contributed by atoms with Gasteiger partial charge >= 0.3 is 0 Å². The van der Waals surface area contributed by atoms with Crippen LogP contribution in [0.5, 0.6) is 0 Å². The Balaban J connectivity index is 0.000000372. The highest BCUT2D eigenvalue weighted by Gasteiger charge is 2.33. The van der Waals surface area contributed by atoms with Gasteiger partial charge in [0.15, 0.2) is 0 Å². The first-order chi connectivity index (χ1) is 18.3. The summed E-state index contributed by atoms with van der Waals surface area (Å²) in [5.74, 6) is 1.40. The molecule has 1 fully saturated rings. The molecule has 1 aliphatic heterocycles. The number of amides is 3. The highest BCUT2D eigenvalue weighted by molar-refractivity contribution is 5.88. The number of hydrogen-bond donors (Lipinski definition) is 2. The van der Waals surface area contributed by atoms with Crippen molar-refractivity contribution in [3.8, 4) is 0 Å². The predicted molar refractivity (Wildman–Crippen MR) is 159 cm³/mol. The molecule has 3 amide bonds. The second-order valence-electron chi connectivity index (χ2n) is 10.5. The molecule has 3 rings (SSSR count). The Morgan fingerprint density at radius 2 is 1.66 bits per heavy atom. The maximum absolute atomic E-state index is 12.3. The van der Waals surface area contributed by atoms with Gasteiger partial charge in [-0.3, -0.25) is 14.4 Å². The van der Waals surface area contributed by atoms with Gasteiger partial charge in [-0.25, -0.2) is 0 Å². The molecule has 1 aliphatic rings. The van der Waals surface area contributed by atoms with Gasteiger partial charge in [-0.1, -0.05) is 90.4 Å². The zero-order valence-electron chi connectivity index (χ0n) is 24.6. The molecule has 0 saturated carbocycles. The van der Waals surface area contributed by atoms with Crippen LogP contribution in [0.1, 0.15) is 85.6 Å². The number of likely N-dealkylation sites (tertiary alicyclic amines) is 1. The number of nitrogens with zero attached hydrogens (tertiary/aromatic N) is 1. The van der Waals surface area contributed by atoms with Gasteiger partial charge in [-0.2, -0.15) is 0 Å². The third-order valence-electron chi connectivity index (χ3n) is 6.52. The zero-order chi connectivity index (χ0) is 28.3. The Morgan fingerprint density at radius 1 is 0.974 bits per heavy atom. The number of carbonyl (C=O) groups excluding carboxylic acids is 3. The Morgan fingerprint density at radius 3 is 2.32 bits per heavy atom. The van der Waals surface area contributed by atoms with E-state index in [1.54, 1.807) is 4.90 Å². The van der Waals surface area contributed by atoms with Gasteiger partial charge in [0.1, 0.15) is 6.04 Å². The highest BCUT2D eigenvalue weighted by Crippen LogP contribution is 2.20. The van der Waals surface area contributed by atoms with Crippen molar-refractivity contribution in [3.63, 3.8) is 0 Å². The van der Waals surface area contributed by atoms with Crippen molar-refractivity contribution in [2.45, 2.75) is 92.5 Å². The smallest absolute Gasteiger partial charge is 0.242 e. The fourth-order valence-electron chi connectivity index (χ4n) is 4.41. The number of benzene rings is 2. The fraction of sp³-hybridized carbons (Fsp3) is 0.594. The van der Waals surface area contributed by atoms with Crippen LogP contribution < -0.4 is 10.6 Å². The van der Waals surface area contributed by atoms with Gasteiger partial charge < -0.3 is 15.5 Å². The van der Waals surface area contributed by atoms with Crippen LogP contribution in [0.15, 0.2) is 42.5 Å².